The van der Waals surface area contributed by atoms with Gasteiger partial charge in [-0.3, -0.25) is 9.89 Å². The van der Waals surface area contributed by atoms with Crippen LogP contribution in [0.4, 0.5) is 10.5 Å². The summed E-state index contributed by atoms with van der Waals surface area (Å²) in [6.07, 6.45) is 6.44. The number of benzene rings is 2. The molecule has 3 rings (SSSR count). The number of urea groups is 1. The zero-order valence-electron chi connectivity index (χ0n) is 17.4. The van der Waals surface area contributed by atoms with E-state index in [0.717, 1.165) is 17.7 Å². The molecular weight excluding hydrogens is 398 g/mol. The van der Waals surface area contributed by atoms with E-state index >= 15 is 0 Å². The van der Waals surface area contributed by atoms with Gasteiger partial charge >= 0.3 is 6.03 Å². The van der Waals surface area contributed by atoms with Gasteiger partial charge in [0.05, 0.1) is 12.2 Å². The number of aliphatic imine (C=N–C) groups is 1. The average Bonchev–Trinajstić information content (AvgIpc) is 3.13. The summed E-state index contributed by atoms with van der Waals surface area (Å²) in [5, 5.41) is 3.55. The van der Waals surface area contributed by atoms with E-state index in [0.29, 0.717) is 23.1 Å². The number of halogens is 1. The minimum Gasteiger partial charge on any atom is -0.460 e. The second-order valence-corrected chi connectivity index (χ2v) is 7.56. The topological polar surface area (TPSA) is 53.9 Å². The Balaban J connectivity index is 1.76. The highest BCUT2D eigenvalue weighted by molar-refractivity contribution is 6.30. The first kappa shape index (κ1) is 21.7. The van der Waals surface area contributed by atoms with Crippen LogP contribution in [0.5, 0.6) is 5.75 Å². The molecule has 1 atom stereocenters. The number of amides is 2. The molecule has 1 heterocycles. The van der Waals surface area contributed by atoms with Gasteiger partial charge in [0.15, 0.2) is 0 Å². The molecule has 2 aromatic rings. The van der Waals surface area contributed by atoms with Crippen molar-refractivity contribution < 1.29 is 9.53 Å². The molecule has 2 amide bonds. The molecule has 1 aliphatic heterocycles. The van der Waals surface area contributed by atoms with Crippen LogP contribution in [0.25, 0.3) is 0 Å². The van der Waals surface area contributed by atoms with Crippen LogP contribution in [0.1, 0.15) is 38.8 Å². The number of nitrogens with one attached hydrogen (secondary N) is 1. The second kappa shape index (κ2) is 10.1. The summed E-state index contributed by atoms with van der Waals surface area (Å²) < 4.78 is 5.92. The van der Waals surface area contributed by atoms with E-state index in [-0.39, 0.29) is 12.1 Å². The van der Waals surface area contributed by atoms with Crippen molar-refractivity contribution in [2.24, 2.45) is 4.99 Å². The summed E-state index contributed by atoms with van der Waals surface area (Å²) in [6, 6.07) is 14.8. The molecule has 30 heavy (non-hydrogen) atoms. The van der Waals surface area contributed by atoms with E-state index in [9.17, 15) is 4.79 Å². The Morgan fingerprint density at radius 1 is 1.27 bits per heavy atom. The molecule has 0 saturated carbocycles. The van der Waals surface area contributed by atoms with Crippen LogP contribution in [-0.4, -0.2) is 18.8 Å². The number of hydrogen-bond donors (Lipinski definition) is 1. The Bertz CT molecular complexity index is 980. The summed E-state index contributed by atoms with van der Waals surface area (Å²) in [6.45, 7) is 6.56. The van der Waals surface area contributed by atoms with E-state index in [1.165, 1.54) is 5.57 Å². The van der Waals surface area contributed by atoms with Crippen LogP contribution in [-0.2, 0) is 0 Å². The van der Waals surface area contributed by atoms with Gasteiger partial charge in [-0.25, -0.2) is 4.79 Å². The largest absolute Gasteiger partial charge is 0.460 e. The van der Waals surface area contributed by atoms with E-state index in [1.807, 2.05) is 49.4 Å². The molecule has 6 heteroatoms. The Morgan fingerprint density at radius 3 is 2.77 bits per heavy atom. The SMILES string of the molecule is CC\C(C)=C/C=N\C=C(/C)Oc1cccc(C2CNC(=O)N2c2ccc(Cl)cc2)c1. The standard InChI is InChI=1S/C24H26ClN3O2/c1-4-17(2)12-13-26-15-18(3)30-22-7-5-6-19(14-22)23-16-27-24(29)28(23)21-10-8-20(25)9-11-21/h5-15,23H,4,16H2,1-3H3,(H,27,29)/b17-12-,18-15+,26-13-. The maximum atomic E-state index is 12.4. The number of allylic oxidation sites excluding steroid dienone is 3. The second-order valence-electron chi connectivity index (χ2n) is 7.13. The summed E-state index contributed by atoms with van der Waals surface area (Å²) in [5.41, 5.74) is 3.05. The minimum absolute atomic E-state index is 0.130. The van der Waals surface area contributed by atoms with Gasteiger partial charge < -0.3 is 10.1 Å². The molecule has 5 nitrogen and oxygen atoms in total. The Hall–Kier alpha value is -3.05. The fourth-order valence-electron chi connectivity index (χ4n) is 3.10. The van der Waals surface area contributed by atoms with Gasteiger partial charge in [0.1, 0.15) is 11.5 Å². The maximum Gasteiger partial charge on any atom is 0.322 e. The van der Waals surface area contributed by atoms with Crippen molar-refractivity contribution in [3.05, 3.63) is 82.7 Å². The van der Waals surface area contributed by atoms with Crippen molar-refractivity contribution >= 4 is 29.5 Å². The molecule has 1 unspecified atom stereocenters. The average molecular weight is 424 g/mol. The molecule has 2 aromatic carbocycles. The molecule has 0 radical (unpaired) electrons. The predicted octanol–water partition coefficient (Wildman–Crippen LogP) is 6.28. The van der Waals surface area contributed by atoms with Gasteiger partial charge in [-0.15, -0.1) is 0 Å². The predicted molar refractivity (Wildman–Crippen MR) is 123 cm³/mol. The number of nitrogens with zero attached hydrogens (tertiary/aromatic N) is 2. The molecule has 1 saturated heterocycles. The number of anilines is 1. The number of ether oxygens (including phenoxy) is 1. The van der Waals surface area contributed by atoms with Crippen molar-refractivity contribution in [1.29, 1.82) is 0 Å². The first-order chi connectivity index (χ1) is 14.5. The highest BCUT2D eigenvalue weighted by atomic mass is 35.5. The lowest BCUT2D eigenvalue weighted by atomic mass is 10.1. The van der Waals surface area contributed by atoms with Crippen LogP contribution >= 0.6 is 11.6 Å². The van der Waals surface area contributed by atoms with E-state index < -0.39 is 0 Å². The maximum absolute atomic E-state index is 12.4. The van der Waals surface area contributed by atoms with Gasteiger partial charge in [0.25, 0.3) is 0 Å². The molecule has 0 aromatic heterocycles. The fraction of sp³-hybridized carbons (Fsp3) is 0.250. The lowest BCUT2D eigenvalue weighted by molar-refractivity contribution is 0.251. The van der Waals surface area contributed by atoms with Crippen molar-refractivity contribution in [2.45, 2.75) is 33.2 Å². The molecule has 0 spiro atoms. The number of carbonyl (C=O) groups excluding carboxylic acids is 1. The third-order valence-electron chi connectivity index (χ3n) is 4.86. The van der Waals surface area contributed by atoms with Crippen molar-refractivity contribution in [3.63, 3.8) is 0 Å². The third-order valence-corrected chi connectivity index (χ3v) is 5.11. The quantitative estimate of drug-likeness (QED) is 0.421. The van der Waals surface area contributed by atoms with Crippen LogP contribution in [0.2, 0.25) is 5.02 Å². The monoisotopic (exact) mass is 423 g/mol. The first-order valence-electron chi connectivity index (χ1n) is 9.94. The van der Waals surface area contributed by atoms with Crippen LogP contribution < -0.4 is 15.0 Å². The molecular formula is C24H26ClN3O2. The van der Waals surface area contributed by atoms with Crippen LogP contribution in [0, 0.1) is 0 Å². The smallest absolute Gasteiger partial charge is 0.322 e. The summed E-state index contributed by atoms with van der Waals surface area (Å²) in [5.74, 6) is 1.38. The zero-order valence-corrected chi connectivity index (χ0v) is 18.2. The summed E-state index contributed by atoms with van der Waals surface area (Å²) in [7, 11) is 0. The molecule has 1 fully saturated rings. The van der Waals surface area contributed by atoms with Gasteiger partial charge in [-0.05, 0) is 68.3 Å². The molecule has 0 bridgehead atoms. The highest BCUT2D eigenvalue weighted by Gasteiger charge is 2.33. The van der Waals surface area contributed by atoms with Crippen molar-refractivity contribution in [1.82, 2.24) is 5.32 Å². The van der Waals surface area contributed by atoms with E-state index in [4.69, 9.17) is 16.3 Å². The number of rotatable bonds is 7. The van der Waals surface area contributed by atoms with Crippen molar-refractivity contribution in [3.8, 4) is 5.75 Å². The Morgan fingerprint density at radius 2 is 2.03 bits per heavy atom. The Kier molecular flexibility index (Phi) is 7.31. The van der Waals surface area contributed by atoms with Crippen LogP contribution in [0.15, 0.2) is 77.1 Å². The highest BCUT2D eigenvalue weighted by Crippen LogP contribution is 2.32. The van der Waals surface area contributed by atoms with Gasteiger partial charge in [-0.2, -0.15) is 0 Å². The summed E-state index contributed by atoms with van der Waals surface area (Å²) >= 11 is 5.99. The number of hydrogen-bond acceptors (Lipinski definition) is 3. The van der Waals surface area contributed by atoms with Crippen LogP contribution in [0.3, 0.4) is 0 Å². The van der Waals surface area contributed by atoms with Gasteiger partial charge in [-0.1, -0.05) is 36.2 Å². The van der Waals surface area contributed by atoms with E-state index in [2.05, 4.69) is 24.2 Å². The number of carbonyl (C=O) groups is 1. The zero-order chi connectivity index (χ0) is 21.5. The molecule has 0 aliphatic carbocycles. The normalized spacial score (nSPS) is 17.5. The minimum atomic E-state index is -0.133. The van der Waals surface area contributed by atoms with Gasteiger partial charge in [0.2, 0.25) is 0 Å². The molecule has 1 N–H and O–H groups in total. The molecule has 156 valence electrons. The van der Waals surface area contributed by atoms with Gasteiger partial charge in [0, 0.05) is 23.5 Å². The fourth-order valence-corrected chi connectivity index (χ4v) is 3.23. The van der Waals surface area contributed by atoms with E-state index in [1.54, 1.807) is 29.4 Å². The lowest BCUT2D eigenvalue weighted by Crippen LogP contribution is -2.29. The summed E-state index contributed by atoms with van der Waals surface area (Å²) in [4.78, 5) is 18.4. The Labute approximate surface area is 182 Å². The lowest BCUT2D eigenvalue weighted by Gasteiger charge is -2.24. The van der Waals surface area contributed by atoms with Crippen molar-refractivity contribution in [2.75, 3.05) is 11.4 Å². The molecule has 1 aliphatic rings. The first-order valence-corrected chi connectivity index (χ1v) is 10.3. The third kappa shape index (κ3) is 5.51.